The molecule has 1 aliphatic heterocycles. The van der Waals surface area contributed by atoms with Crippen LogP contribution in [-0.4, -0.2) is 92.4 Å². The zero-order valence-corrected chi connectivity index (χ0v) is 16.1. The molecule has 0 atom stereocenters. The highest BCUT2D eigenvalue weighted by Gasteiger charge is 2.16. The number of hydrogen-bond donors (Lipinski definition) is 0. The summed E-state index contributed by atoms with van der Waals surface area (Å²) in [5.41, 5.74) is 2.11. The number of fused-ring (bicyclic) bond motifs is 1. The van der Waals surface area contributed by atoms with Crippen molar-refractivity contribution < 1.29 is 9.53 Å². The summed E-state index contributed by atoms with van der Waals surface area (Å²) in [6, 6.07) is 8.04. The van der Waals surface area contributed by atoms with Crippen molar-refractivity contribution in [2.75, 3.05) is 67.0 Å². The maximum atomic E-state index is 12.6. The van der Waals surface area contributed by atoms with Crippen molar-refractivity contribution >= 4 is 17.0 Å². The second-order valence-electron chi connectivity index (χ2n) is 7.35. The number of benzene rings is 1. The number of nitrogens with zero attached hydrogens (tertiary/aromatic N) is 4. The van der Waals surface area contributed by atoms with Gasteiger partial charge in [-0.2, -0.15) is 0 Å². The average Bonchev–Trinajstić information content (AvgIpc) is 3.00. The molecular formula is C20H30N4O2. The van der Waals surface area contributed by atoms with Crippen LogP contribution in [-0.2, 0) is 11.2 Å². The lowest BCUT2D eigenvalue weighted by Gasteiger charge is -2.32. The summed E-state index contributed by atoms with van der Waals surface area (Å²) >= 11 is 0. The molecule has 2 aromatic rings. The third-order valence-electron chi connectivity index (χ3n) is 5.05. The highest BCUT2D eigenvalue weighted by atomic mass is 16.5. The molecule has 0 spiro atoms. The zero-order chi connectivity index (χ0) is 18.5. The number of carbonyl (C=O) groups is 1. The molecule has 0 saturated carbocycles. The van der Waals surface area contributed by atoms with Gasteiger partial charge in [-0.15, -0.1) is 0 Å². The summed E-state index contributed by atoms with van der Waals surface area (Å²) in [5.74, 6) is 0. The van der Waals surface area contributed by atoms with Crippen LogP contribution in [0.4, 0.5) is 4.79 Å². The molecule has 6 nitrogen and oxygen atoms in total. The molecule has 3 rings (SSSR count). The standard InChI is InChI=1S/C20H30N4O2/c1-21(2)9-8-17-16-24(19-7-5-4-6-18(17)19)20(25)26-15-14-23-12-10-22(3)11-13-23/h4-7,16H,8-15H2,1-3H3. The summed E-state index contributed by atoms with van der Waals surface area (Å²) in [6.07, 6.45) is 2.56. The Balaban J connectivity index is 1.62. The summed E-state index contributed by atoms with van der Waals surface area (Å²) in [6.45, 7) is 6.40. The first kappa shape index (κ1) is 18.9. The molecule has 1 fully saturated rings. The fourth-order valence-electron chi connectivity index (χ4n) is 3.35. The van der Waals surface area contributed by atoms with Gasteiger partial charge in [-0.05, 0) is 39.2 Å². The first-order valence-electron chi connectivity index (χ1n) is 9.36. The van der Waals surface area contributed by atoms with Crippen LogP contribution in [0.25, 0.3) is 10.9 Å². The Labute approximate surface area is 155 Å². The van der Waals surface area contributed by atoms with Gasteiger partial charge in [-0.3, -0.25) is 9.47 Å². The normalized spacial score (nSPS) is 16.5. The Morgan fingerprint density at radius 1 is 1.15 bits per heavy atom. The Bertz CT molecular complexity index is 732. The first-order chi connectivity index (χ1) is 12.5. The molecule has 26 heavy (non-hydrogen) atoms. The van der Waals surface area contributed by atoms with E-state index in [0.717, 1.165) is 56.6 Å². The second-order valence-corrected chi connectivity index (χ2v) is 7.35. The smallest absolute Gasteiger partial charge is 0.418 e. The Kier molecular flexibility index (Phi) is 6.29. The SMILES string of the molecule is CN(C)CCc1cn(C(=O)OCCN2CCN(C)CC2)c2ccccc12. The van der Waals surface area contributed by atoms with Crippen molar-refractivity contribution in [1.29, 1.82) is 0 Å². The topological polar surface area (TPSA) is 41.0 Å². The van der Waals surface area contributed by atoms with Crippen LogP contribution in [0.1, 0.15) is 5.56 Å². The number of rotatable bonds is 6. The quantitative estimate of drug-likeness (QED) is 0.790. The largest absolute Gasteiger partial charge is 0.448 e. The van der Waals surface area contributed by atoms with E-state index in [-0.39, 0.29) is 6.09 Å². The number of likely N-dealkylation sites (N-methyl/N-ethyl adjacent to an activating group) is 2. The van der Waals surface area contributed by atoms with E-state index in [9.17, 15) is 4.79 Å². The molecule has 0 bridgehead atoms. The highest BCUT2D eigenvalue weighted by Crippen LogP contribution is 2.22. The van der Waals surface area contributed by atoms with Gasteiger partial charge in [0.15, 0.2) is 0 Å². The molecule has 0 radical (unpaired) electrons. The van der Waals surface area contributed by atoms with E-state index >= 15 is 0 Å². The van der Waals surface area contributed by atoms with Gasteiger partial charge in [0.25, 0.3) is 0 Å². The second kappa shape index (κ2) is 8.66. The molecule has 0 N–H and O–H groups in total. The highest BCUT2D eigenvalue weighted by molar-refractivity contribution is 5.91. The number of para-hydroxylation sites is 1. The van der Waals surface area contributed by atoms with E-state index in [1.54, 1.807) is 4.57 Å². The Hall–Kier alpha value is -1.89. The molecule has 0 amide bonds. The van der Waals surface area contributed by atoms with Crippen LogP contribution < -0.4 is 0 Å². The molecular weight excluding hydrogens is 328 g/mol. The van der Waals surface area contributed by atoms with Crippen LogP contribution in [0, 0.1) is 0 Å². The minimum absolute atomic E-state index is 0.286. The third-order valence-corrected chi connectivity index (χ3v) is 5.05. The van der Waals surface area contributed by atoms with Crippen molar-refractivity contribution in [3.63, 3.8) is 0 Å². The lowest BCUT2D eigenvalue weighted by molar-refractivity contribution is 0.105. The van der Waals surface area contributed by atoms with Gasteiger partial charge in [0.2, 0.25) is 0 Å². The molecule has 0 unspecified atom stereocenters. The summed E-state index contributed by atoms with van der Waals surface area (Å²) in [7, 11) is 6.26. The predicted octanol–water partition coefficient (Wildman–Crippen LogP) is 1.98. The van der Waals surface area contributed by atoms with Crippen LogP contribution in [0.3, 0.4) is 0 Å². The number of piperazine rings is 1. The zero-order valence-electron chi connectivity index (χ0n) is 16.1. The van der Waals surface area contributed by atoms with E-state index in [0.29, 0.717) is 6.61 Å². The summed E-state index contributed by atoms with van der Waals surface area (Å²) < 4.78 is 7.22. The fourth-order valence-corrected chi connectivity index (χ4v) is 3.35. The number of aromatic nitrogens is 1. The van der Waals surface area contributed by atoms with Crippen LogP contribution in [0.15, 0.2) is 30.5 Å². The van der Waals surface area contributed by atoms with Crippen molar-refractivity contribution in [3.05, 3.63) is 36.0 Å². The van der Waals surface area contributed by atoms with E-state index in [2.05, 4.69) is 41.9 Å². The number of hydrogen-bond acceptors (Lipinski definition) is 5. The van der Waals surface area contributed by atoms with Crippen molar-refractivity contribution in [3.8, 4) is 0 Å². The van der Waals surface area contributed by atoms with E-state index in [1.807, 2.05) is 24.4 Å². The molecule has 6 heteroatoms. The van der Waals surface area contributed by atoms with Gasteiger partial charge in [-0.1, -0.05) is 18.2 Å². The monoisotopic (exact) mass is 358 g/mol. The van der Waals surface area contributed by atoms with E-state index in [4.69, 9.17) is 4.74 Å². The lowest BCUT2D eigenvalue weighted by Crippen LogP contribution is -2.45. The predicted molar refractivity (Wildman–Crippen MR) is 105 cm³/mol. The van der Waals surface area contributed by atoms with Crippen molar-refractivity contribution in [2.24, 2.45) is 0 Å². The molecule has 1 saturated heterocycles. The maximum absolute atomic E-state index is 12.6. The minimum atomic E-state index is -0.286. The number of ether oxygens (including phenoxy) is 1. The Morgan fingerprint density at radius 2 is 1.88 bits per heavy atom. The molecule has 1 aromatic carbocycles. The lowest BCUT2D eigenvalue weighted by atomic mass is 10.1. The number of carbonyl (C=O) groups excluding carboxylic acids is 1. The van der Waals surface area contributed by atoms with Gasteiger partial charge in [0.05, 0.1) is 5.52 Å². The van der Waals surface area contributed by atoms with Gasteiger partial charge in [0, 0.05) is 50.9 Å². The van der Waals surface area contributed by atoms with Crippen molar-refractivity contribution in [1.82, 2.24) is 19.3 Å². The van der Waals surface area contributed by atoms with Gasteiger partial charge < -0.3 is 14.5 Å². The Morgan fingerprint density at radius 3 is 2.62 bits per heavy atom. The van der Waals surface area contributed by atoms with Crippen LogP contribution >= 0.6 is 0 Å². The fraction of sp³-hybridized carbons (Fsp3) is 0.550. The molecule has 2 heterocycles. The minimum Gasteiger partial charge on any atom is -0.448 e. The van der Waals surface area contributed by atoms with E-state index < -0.39 is 0 Å². The molecule has 1 aromatic heterocycles. The third kappa shape index (κ3) is 4.63. The maximum Gasteiger partial charge on any atom is 0.418 e. The average molecular weight is 358 g/mol. The molecule has 0 aliphatic carbocycles. The molecule has 142 valence electrons. The van der Waals surface area contributed by atoms with Crippen LogP contribution in [0.5, 0.6) is 0 Å². The van der Waals surface area contributed by atoms with E-state index in [1.165, 1.54) is 5.56 Å². The van der Waals surface area contributed by atoms with Crippen molar-refractivity contribution in [2.45, 2.75) is 6.42 Å². The summed E-state index contributed by atoms with van der Waals surface area (Å²) in [4.78, 5) is 19.4. The van der Waals surface area contributed by atoms with Gasteiger partial charge in [0.1, 0.15) is 6.61 Å². The van der Waals surface area contributed by atoms with Gasteiger partial charge >= 0.3 is 6.09 Å². The van der Waals surface area contributed by atoms with Crippen LogP contribution in [0.2, 0.25) is 0 Å². The first-order valence-corrected chi connectivity index (χ1v) is 9.36. The molecule has 1 aliphatic rings. The van der Waals surface area contributed by atoms with Gasteiger partial charge in [-0.25, -0.2) is 4.79 Å². The summed E-state index contributed by atoms with van der Waals surface area (Å²) in [5, 5.41) is 1.13.